The Kier molecular flexibility index (Phi) is 5.29. The molecule has 3 rings (SSSR count). The van der Waals surface area contributed by atoms with Crippen molar-refractivity contribution in [1.82, 2.24) is 4.90 Å². The van der Waals surface area contributed by atoms with Crippen LogP contribution in [0.2, 0.25) is 0 Å². The smallest absolute Gasteiger partial charge is 0.198 e. The zero-order valence-corrected chi connectivity index (χ0v) is 14.7. The average molecular weight is 337 g/mol. The Morgan fingerprint density at radius 1 is 0.840 bits per heavy atom. The van der Waals surface area contributed by atoms with E-state index >= 15 is 0 Å². The number of ketones is 2. The van der Waals surface area contributed by atoms with Crippen LogP contribution in [0.4, 0.5) is 0 Å². The molecule has 0 saturated carbocycles. The van der Waals surface area contributed by atoms with Crippen LogP contribution < -0.4 is 4.74 Å². The highest BCUT2D eigenvalue weighted by atomic mass is 16.5. The number of nitrogens with zero attached hydrogens (tertiary/aromatic N) is 1. The van der Waals surface area contributed by atoms with Crippen molar-refractivity contribution in [1.29, 1.82) is 0 Å². The van der Waals surface area contributed by atoms with Crippen LogP contribution >= 0.6 is 0 Å². The van der Waals surface area contributed by atoms with Gasteiger partial charge in [0.1, 0.15) is 5.75 Å². The van der Waals surface area contributed by atoms with Gasteiger partial charge in [0.05, 0.1) is 12.2 Å². The van der Waals surface area contributed by atoms with E-state index in [9.17, 15) is 9.59 Å². The lowest BCUT2D eigenvalue weighted by Gasteiger charge is -2.21. The van der Waals surface area contributed by atoms with Crippen molar-refractivity contribution in [3.05, 3.63) is 64.7 Å². The van der Waals surface area contributed by atoms with Crippen molar-refractivity contribution in [3.63, 3.8) is 0 Å². The monoisotopic (exact) mass is 337 g/mol. The summed E-state index contributed by atoms with van der Waals surface area (Å²) in [5.41, 5.74) is 1.76. The predicted molar refractivity (Wildman–Crippen MR) is 97.6 cm³/mol. The highest BCUT2D eigenvalue weighted by Gasteiger charge is 2.31. The lowest BCUT2D eigenvalue weighted by Crippen LogP contribution is -2.25. The fourth-order valence-electron chi connectivity index (χ4n) is 3.24. The number of hydrogen-bond donors (Lipinski definition) is 0. The molecule has 25 heavy (non-hydrogen) atoms. The fraction of sp³-hybridized carbons (Fsp3) is 0.333. The molecule has 4 nitrogen and oxygen atoms in total. The molecule has 0 bridgehead atoms. The molecule has 2 aromatic rings. The van der Waals surface area contributed by atoms with E-state index in [-0.39, 0.29) is 11.6 Å². The first-order valence-corrected chi connectivity index (χ1v) is 8.84. The number of carbonyl (C=O) groups excluding carboxylic acids is 2. The molecule has 0 amide bonds. The number of hydrogen-bond acceptors (Lipinski definition) is 4. The van der Waals surface area contributed by atoms with Crippen molar-refractivity contribution in [2.24, 2.45) is 0 Å². The summed E-state index contributed by atoms with van der Waals surface area (Å²) < 4.78 is 5.88. The molecule has 2 aromatic carbocycles. The molecule has 0 aliphatic heterocycles. The number of rotatable bonds is 7. The van der Waals surface area contributed by atoms with Crippen LogP contribution in [0.3, 0.4) is 0 Å². The van der Waals surface area contributed by atoms with E-state index in [1.807, 2.05) is 0 Å². The van der Waals surface area contributed by atoms with Crippen LogP contribution in [0.5, 0.6) is 5.75 Å². The van der Waals surface area contributed by atoms with E-state index in [2.05, 4.69) is 18.7 Å². The topological polar surface area (TPSA) is 46.6 Å². The first-order valence-electron chi connectivity index (χ1n) is 8.84. The summed E-state index contributed by atoms with van der Waals surface area (Å²) in [7, 11) is 0. The zero-order chi connectivity index (χ0) is 17.8. The Hall–Kier alpha value is -2.46. The Morgan fingerprint density at radius 3 is 2.16 bits per heavy atom. The first-order chi connectivity index (χ1) is 12.2. The van der Waals surface area contributed by atoms with E-state index in [0.29, 0.717) is 34.6 Å². The minimum absolute atomic E-state index is 0.112. The molecule has 0 atom stereocenters. The van der Waals surface area contributed by atoms with Crippen LogP contribution in [0.15, 0.2) is 42.5 Å². The third kappa shape index (κ3) is 3.35. The summed E-state index contributed by atoms with van der Waals surface area (Å²) >= 11 is 0. The van der Waals surface area contributed by atoms with Crippen LogP contribution in [-0.2, 0) is 0 Å². The Bertz CT molecular complexity index is 793. The molecule has 0 spiro atoms. The summed E-state index contributed by atoms with van der Waals surface area (Å²) in [4.78, 5) is 27.9. The van der Waals surface area contributed by atoms with Gasteiger partial charge in [0.15, 0.2) is 11.6 Å². The van der Waals surface area contributed by atoms with Gasteiger partial charge in [0.2, 0.25) is 0 Å². The van der Waals surface area contributed by atoms with E-state index in [0.717, 1.165) is 26.1 Å². The second-order valence-corrected chi connectivity index (χ2v) is 6.11. The molecule has 0 saturated heterocycles. The quantitative estimate of drug-likeness (QED) is 0.618. The largest absolute Gasteiger partial charge is 0.493 e. The predicted octanol–water partition coefficient (Wildman–Crippen LogP) is 3.57. The van der Waals surface area contributed by atoms with E-state index in [1.165, 1.54) is 0 Å². The van der Waals surface area contributed by atoms with Gasteiger partial charge in [-0.15, -0.1) is 0 Å². The average Bonchev–Trinajstić information content (AvgIpc) is 2.66. The number of benzene rings is 2. The fourth-order valence-corrected chi connectivity index (χ4v) is 3.24. The lowest BCUT2D eigenvalue weighted by atomic mass is 9.83. The molecule has 1 aliphatic carbocycles. The normalized spacial score (nSPS) is 12.9. The third-order valence-electron chi connectivity index (χ3n) is 4.68. The molecule has 0 N–H and O–H groups in total. The molecular weight excluding hydrogens is 314 g/mol. The van der Waals surface area contributed by atoms with Gasteiger partial charge >= 0.3 is 0 Å². The highest BCUT2D eigenvalue weighted by Crippen LogP contribution is 2.33. The second-order valence-electron chi connectivity index (χ2n) is 6.11. The van der Waals surface area contributed by atoms with E-state index < -0.39 is 0 Å². The van der Waals surface area contributed by atoms with Crippen LogP contribution in [0.1, 0.15) is 52.1 Å². The van der Waals surface area contributed by atoms with Gasteiger partial charge in [0.25, 0.3) is 0 Å². The van der Waals surface area contributed by atoms with E-state index in [4.69, 9.17) is 4.74 Å². The van der Waals surface area contributed by atoms with Gasteiger partial charge in [-0.3, -0.25) is 9.59 Å². The molecule has 1 aliphatic rings. The maximum atomic E-state index is 12.9. The number of carbonyl (C=O) groups is 2. The Balaban J connectivity index is 1.80. The van der Waals surface area contributed by atoms with Gasteiger partial charge in [0, 0.05) is 23.2 Å². The molecule has 0 unspecified atom stereocenters. The highest BCUT2D eigenvalue weighted by molar-refractivity contribution is 6.29. The van der Waals surface area contributed by atoms with Gasteiger partial charge in [-0.1, -0.05) is 50.2 Å². The molecule has 0 radical (unpaired) electrons. The lowest BCUT2D eigenvalue weighted by molar-refractivity contribution is 0.0975. The summed E-state index contributed by atoms with van der Waals surface area (Å²) in [6.45, 7) is 7.79. The van der Waals surface area contributed by atoms with Gasteiger partial charge in [-0.25, -0.2) is 0 Å². The molecule has 130 valence electrons. The summed E-state index contributed by atoms with van der Waals surface area (Å²) in [5, 5.41) is 0. The van der Waals surface area contributed by atoms with Gasteiger partial charge < -0.3 is 9.64 Å². The molecule has 0 aromatic heterocycles. The van der Waals surface area contributed by atoms with Crippen molar-refractivity contribution in [2.75, 3.05) is 26.2 Å². The standard InChI is InChI=1S/C21H23NO3/c1-3-22(4-2)13-8-14-25-18-12-7-11-17-19(18)21(24)16-10-6-5-9-15(16)20(17)23/h5-7,9-12H,3-4,8,13-14H2,1-2H3. The van der Waals surface area contributed by atoms with E-state index in [1.54, 1.807) is 42.5 Å². The Morgan fingerprint density at radius 2 is 1.48 bits per heavy atom. The molecular formula is C21H23NO3. The van der Waals surface area contributed by atoms with Crippen molar-refractivity contribution in [2.45, 2.75) is 20.3 Å². The Labute approximate surface area is 148 Å². The second kappa shape index (κ2) is 7.62. The van der Waals surface area contributed by atoms with Crippen LogP contribution in [0, 0.1) is 0 Å². The third-order valence-corrected chi connectivity index (χ3v) is 4.68. The van der Waals surface area contributed by atoms with Crippen molar-refractivity contribution in [3.8, 4) is 5.75 Å². The maximum absolute atomic E-state index is 12.9. The minimum Gasteiger partial charge on any atom is -0.493 e. The first kappa shape index (κ1) is 17.4. The summed E-state index contributed by atoms with van der Waals surface area (Å²) in [6, 6.07) is 12.2. The SMILES string of the molecule is CCN(CC)CCCOc1cccc2c1C(=O)c1ccccc1C2=O. The minimum atomic E-state index is -0.135. The molecule has 0 heterocycles. The maximum Gasteiger partial charge on any atom is 0.198 e. The summed E-state index contributed by atoms with van der Waals surface area (Å²) in [6.07, 6.45) is 0.879. The molecule has 4 heteroatoms. The van der Waals surface area contributed by atoms with Crippen molar-refractivity contribution < 1.29 is 14.3 Å². The van der Waals surface area contributed by atoms with Crippen molar-refractivity contribution >= 4 is 11.6 Å². The van der Waals surface area contributed by atoms with Crippen LogP contribution in [-0.4, -0.2) is 42.7 Å². The molecule has 0 fully saturated rings. The number of ether oxygens (including phenoxy) is 1. The zero-order valence-electron chi connectivity index (χ0n) is 14.7. The van der Waals surface area contributed by atoms with Gasteiger partial charge in [-0.05, 0) is 25.6 Å². The summed E-state index contributed by atoms with van der Waals surface area (Å²) in [5.74, 6) is 0.258. The number of fused-ring (bicyclic) bond motifs is 2. The van der Waals surface area contributed by atoms with Crippen LogP contribution in [0.25, 0.3) is 0 Å². The van der Waals surface area contributed by atoms with Gasteiger partial charge in [-0.2, -0.15) is 0 Å².